The summed E-state index contributed by atoms with van der Waals surface area (Å²) < 4.78 is 41.5. The van der Waals surface area contributed by atoms with E-state index in [-0.39, 0.29) is 5.82 Å². The summed E-state index contributed by atoms with van der Waals surface area (Å²) in [5, 5.41) is 13.6. The smallest absolute Gasteiger partial charge is 0.384 e. The van der Waals surface area contributed by atoms with E-state index in [9.17, 15) is 18.3 Å². The molecule has 4 nitrogen and oxygen atoms in total. The molecule has 0 aliphatic rings. The first-order valence-electron chi connectivity index (χ1n) is 6.69. The van der Waals surface area contributed by atoms with Crippen molar-refractivity contribution in [2.75, 3.05) is 0 Å². The van der Waals surface area contributed by atoms with Crippen LogP contribution in [0.4, 0.5) is 13.2 Å². The number of rotatable bonds is 3. The number of aliphatic hydroxyl groups is 1. The number of hydrogen-bond acceptors (Lipinski definition) is 4. The molecule has 7 heteroatoms. The molecule has 0 radical (unpaired) electrons. The van der Waals surface area contributed by atoms with Crippen LogP contribution in [0, 0.1) is 0 Å². The molecule has 0 fully saturated rings. The van der Waals surface area contributed by atoms with Gasteiger partial charge in [0.15, 0.2) is 0 Å². The lowest BCUT2D eigenvalue weighted by molar-refractivity contribution is -0.159. The molecule has 23 heavy (non-hydrogen) atoms. The van der Waals surface area contributed by atoms with E-state index in [2.05, 4.69) is 14.7 Å². The van der Waals surface area contributed by atoms with Gasteiger partial charge in [0.1, 0.15) is 6.10 Å². The number of alkyl halides is 3. The number of aliphatic hydroxyl groups excluding tert-OH is 1. The van der Waals surface area contributed by atoms with Gasteiger partial charge in [-0.05, 0) is 11.1 Å². The third kappa shape index (κ3) is 3.24. The van der Waals surface area contributed by atoms with Crippen LogP contribution in [0.15, 0.2) is 59.1 Å². The van der Waals surface area contributed by atoms with Crippen LogP contribution in [0.2, 0.25) is 0 Å². The van der Waals surface area contributed by atoms with Gasteiger partial charge < -0.3 is 9.63 Å². The zero-order valence-corrected chi connectivity index (χ0v) is 11.7. The first-order chi connectivity index (χ1) is 10.9. The minimum atomic E-state index is -4.67. The number of nitrogens with zero attached hydrogens (tertiary/aromatic N) is 2. The predicted octanol–water partition coefficient (Wildman–Crippen LogP) is 3.84. The van der Waals surface area contributed by atoms with E-state index in [1.165, 1.54) is 12.1 Å². The van der Waals surface area contributed by atoms with Gasteiger partial charge in [-0.1, -0.05) is 59.8 Å². The fourth-order valence-corrected chi connectivity index (χ4v) is 2.10. The molecule has 0 aliphatic carbocycles. The van der Waals surface area contributed by atoms with Crippen LogP contribution < -0.4 is 0 Å². The van der Waals surface area contributed by atoms with Gasteiger partial charge in [-0.25, -0.2) is 0 Å². The highest BCUT2D eigenvalue weighted by Crippen LogP contribution is 2.30. The Bertz CT molecular complexity index is 783. The molecule has 0 amide bonds. The summed E-state index contributed by atoms with van der Waals surface area (Å²) in [6.45, 7) is 0. The van der Waals surface area contributed by atoms with Crippen LogP contribution in [-0.4, -0.2) is 15.2 Å². The molecular weight excluding hydrogens is 309 g/mol. The monoisotopic (exact) mass is 320 g/mol. The van der Waals surface area contributed by atoms with E-state index in [0.29, 0.717) is 11.1 Å². The topological polar surface area (TPSA) is 59.2 Å². The number of benzene rings is 2. The maximum atomic E-state index is 12.4. The van der Waals surface area contributed by atoms with Crippen molar-refractivity contribution in [2.45, 2.75) is 12.3 Å². The molecule has 1 heterocycles. The zero-order valence-electron chi connectivity index (χ0n) is 11.7. The van der Waals surface area contributed by atoms with Crippen molar-refractivity contribution in [3.63, 3.8) is 0 Å². The molecule has 3 rings (SSSR count). The lowest BCUT2D eigenvalue weighted by Crippen LogP contribution is -2.04. The second kappa shape index (κ2) is 5.85. The molecule has 1 unspecified atom stereocenters. The highest BCUT2D eigenvalue weighted by molar-refractivity contribution is 5.55. The Labute approximate surface area is 129 Å². The second-order valence-electron chi connectivity index (χ2n) is 4.86. The summed E-state index contributed by atoms with van der Waals surface area (Å²) in [5.41, 5.74) is 1.70. The minimum absolute atomic E-state index is 0.155. The SMILES string of the molecule is OC(c1ccccc1)c1ccc(-c2noc(C(F)(F)F)n2)cc1. The minimum Gasteiger partial charge on any atom is -0.384 e. The summed E-state index contributed by atoms with van der Waals surface area (Å²) in [6, 6.07) is 15.3. The largest absolute Gasteiger partial charge is 0.471 e. The average Bonchev–Trinajstić information content (AvgIpc) is 3.05. The van der Waals surface area contributed by atoms with Gasteiger partial charge in [0.2, 0.25) is 5.82 Å². The Kier molecular flexibility index (Phi) is 3.87. The van der Waals surface area contributed by atoms with Crippen molar-refractivity contribution in [1.82, 2.24) is 10.1 Å². The van der Waals surface area contributed by atoms with Crippen molar-refractivity contribution < 1.29 is 22.8 Å². The van der Waals surface area contributed by atoms with Gasteiger partial charge in [0, 0.05) is 5.56 Å². The van der Waals surface area contributed by atoms with E-state index < -0.39 is 18.2 Å². The Hall–Kier alpha value is -2.67. The van der Waals surface area contributed by atoms with Crippen LogP contribution in [0.3, 0.4) is 0 Å². The number of halogens is 3. The van der Waals surface area contributed by atoms with Crippen LogP contribution in [0.1, 0.15) is 23.1 Å². The van der Waals surface area contributed by atoms with Gasteiger partial charge in [-0.3, -0.25) is 0 Å². The molecule has 1 atom stereocenters. The normalized spacial score (nSPS) is 13.0. The third-order valence-electron chi connectivity index (χ3n) is 3.27. The van der Waals surface area contributed by atoms with Crippen molar-refractivity contribution >= 4 is 0 Å². The lowest BCUT2D eigenvalue weighted by Gasteiger charge is -2.11. The summed E-state index contributed by atoms with van der Waals surface area (Å²) in [5.74, 6) is -1.54. The molecule has 1 aromatic heterocycles. The molecular formula is C16H11F3N2O2. The fraction of sp³-hybridized carbons (Fsp3) is 0.125. The van der Waals surface area contributed by atoms with Crippen LogP contribution in [0.5, 0.6) is 0 Å². The molecule has 0 saturated carbocycles. The van der Waals surface area contributed by atoms with E-state index in [0.717, 1.165) is 5.56 Å². The summed E-state index contributed by atoms with van der Waals surface area (Å²) in [4.78, 5) is 3.32. The van der Waals surface area contributed by atoms with E-state index in [4.69, 9.17) is 0 Å². The van der Waals surface area contributed by atoms with Gasteiger partial charge in [0.25, 0.3) is 0 Å². The van der Waals surface area contributed by atoms with Gasteiger partial charge in [-0.2, -0.15) is 18.2 Å². The van der Waals surface area contributed by atoms with Gasteiger partial charge in [-0.15, -0.1) is 0 Å². The summed E-state index contributed by atoms with van der Waals surface area (Å²) in [7, 11) is 0. The van der Waals surface area contributed by atoms with Gasteiger partial charge >= 0.3 is 12.1 Å². The zero-order chi connectivity index (χ0) is 16.4. The van der Waals surface area contributed by atoms with Crippen molar-refractivity contribution in [3.05, 3.63) is 71.6 Å². The average molecular weight is 320 g/mol. The molecule has 2 aromatic carbocycles. The molecule has 118 valence electrons. The lowest BCUT2D eigenvalue weighted by atomic mass is 10.0. The quantitative estimate of drug-likeness (QED) is 0.796. The first-order valence-corrected chi connectivity index (χ1v) is 6.69. The fourth-order valence-electron chi connectivity index (χ4n) is 2.10. The Morgan fingerprint density at radius 1 is 0.913 bits per heavy atom. The Morgan fingerprint density at radius 3 is 2.09 bits per heavy atom. The number of hydrogen-bond donors (Lipinski definition) is 1. The molecule has 0 saturated heterocycles. The highest BCUT2D eigenvalue weighted by Gasteiger charge is 2.38. The van der Waals surface area contributed by atoms with E-state index in [1.54, 1.807) is 24.3 Å². The van der Waals surface area contributed by atoms with Crippen molar-refractivity contribution in [3.8, 4) is 11.4 Å². The highest BCUT2D eigenvalue weighted by atomic mass is 19.4. The Balaban J connectivity index is 1.84. The molecule has 0 aliphatic heterocycles. The van der Waals surface area contributed by atoms with Crippen molar-refractivity contribution in [1.29, 1.82) is 0 Å². The van der Waals surface area contributed by atoms with E-state index >= 15 is 0 Å². The molecule has 0 bridgehead atoms. The molecule has 1 N–H and O–H groups in total. The summed E-state index contributed by atoms with van der Waals surface area (Å²) in [6.07, 6.45) is -5.49. The van der Waals surface area contributed by atoms with Crippen molar-refractivity contribution in [2.24, 2.45) is 0 Å². The predicted molar refractivity (Wildman–Crippen MR) is 75.2 cm³/mol. The summed E-state index contributed by atoms with van der Waals surface area (Å²) >= 11 is 0. The second-order valence-corrected chi connectivity index (χ2v) is 4.86. The van der Waals surface area contributed by atoms with Crippen LogP contribution in [0.25, 0.3) is 11.4 Å². The molecule has 0 spiro atoms. The maximum Gasteiger partial charge on any atom is 0.471 e. The Morgan fingerprint density at radius 2 is 1.52 bits per heavy atom. The first kappa shape index (κ1) is 15.2. The van der Waals surface area contributed by atoms with Crippen LogP contribution in [-0.2, 0) is 6.18 Å². The molecule has 3 aromatic rings. The third-order valence-corrected chi connectivity index (χ3v) is 3.27. The maximum absolute atomic E-state index is 12.4. The standard InChI is InChI=1S/C16H11F3N2O2/c17-16(18,19)15-20-14(21-23-15)12-8-6-11(7-9-12)13(22)10-4-2-1-3-5-10/h1-9,13,22H. The van der Waals surface area contributed by atoms with Crippen LogP contribution >= 0.6 is 0 Å². The number of aromatic nitrogens is 2. The van der Waals surface area contributed by atoms with E-state index in [1.807, 2.05) is 18.2 Å². The van der Waals surface area contributed by atoms with Gasteiger partial charge in [0.05, 0.1) is 0 Å².